The molecule has 1 rings (SSSR count). The van der Waals surface area contributed by atoms with Gasteiger partial charge in [0.15, 0.2) is 0 Å². The van der Waals surface area contributed by atoms with Crippen LogP contribution in [0.1, 0.15) is 28.2 Å². The number of nitrogens with zero attached hydrogens (tertiary/aromatic N) is 1. The molecule has 0 aliphatic rings. The van der Waals surface area contributed by atoms with Gasteiger partial charge in [-0.2, -0.15) is 0 Å². The van der Waals surface area contributed by atoms with E-state index in [9.17, 15) is 13.6 Å². The molecule has 1 heterocycles. The number of halogens is 4. The first-order valence-electron chi connectivity index (χ1n) is 3.58. The van der Waals surface area contributed by atoms with Crippen LogP contribution in [0.2, 0.25) is 0 Å². The van der Waals surface area contributed by atoms with Gasteiger partial charge < -0.3 is 0 Å². The van der Waals surface area contributed by atoms with Crippen molar-refractivity contribution in [3.63, 3.8) is 0 Å². The molecule has 0 saturated carbocycles. The fraction of sp³-hybridized carbons (Fsp3) is 0.250. The summed E-state index contributed by atoms with van der Waals surface area (Å²) >= 11 is 6.92. The highest BCUT2D eigenvalue weighted by Crippen LogP contribution is 2.25. The van der Waals surface area contributed by atoms with Gasteiger partial charge in [-0.25, -0.2) is 13.8 Å². The Hall–Kier alpha value is -0.300. The third kappa shape index (κ3) is 2.38. The predicted molar refractivity (Wildman–Crippen MR) is 56.8 cm³/mol. The van der Waals surface area contributed by atoms with Crippen molar-refractivity contribution in [2.45, 2.75) is 13.3 Å². The summed E-state index contributed by atoms with van der Waals surface area (Å²) in [7, 11) is 0. The van der Waals surface area contributed by atoms with Gasteiger partial charge in [-0.05, 0) is 52.7 Å². The van der Waals surface area contributed by atoms with E-state index in [1.807, 2.05) is 0 Å². The predicted octanol–water partition coefficient (Wildman–Crippen LogP) is 3.31. The van der Waals surface area contributed by atoms with Crippen molar-refractivity contribution in [1.82, 2.24) is 4.98 Å². The molecule has 0 fully saturated rings. The zero-order chi connectivity index (χ0) is 10.9. The van der Waals surface area contributed by atoms with E-state index in [0.29, 0.717) is 9.13 Å². The van der Waals surface area contributed by atoms with E-state index < -0.39 is 17.4 Å². The highest BCUT2D eigenvalue weighted by molar-refractivity contribution is 14.1. The second kappa shape index (κ2) is 4.48. The number of rotatable bonds is 2. The molecule has 0 saturated heterocycles. The van der Waals surface area contributed by atoms with Crippen LogP contribution < -0.4 is 0 Å². The Kier molecular flexibility index (Phi) is 3.77. The third-order valence-corrected chi connectivity index (χ3v) is 3.17. The van der Waals surface area contributed by atoms with Crippen LogP contribution >= 0.6 is 34.2 Å². The largest absolute Gasteiger partial charge is 0.281 e. The van der Waals surface area contributed by atoms with Crippen molar-refractivity contribution in [2.24, 2.45) is 0 Å². The van der Waals surface area contributed by atoms with Crippen LogP contribution in [0.15, 0.2) is 6.07 Å². The van der Waals surface area contributed by atoms with Gasteiger partial charge in [0.25, 0.3) is 11.7 Å². The fourth-order valence-electron chi connectivity index (χ4n) is 0.927. The van der Waals surface area contributed by atoms with Crippen LogP contribution in [0.25, 0.3) is 0 Å². The maximum absolute atomic E-state index is 12.4. The van der Waals surface area contributed by atoms with Crippen molar-refractivity contribution < 1.29 is 13.6 Å². The highest BCUT2D eigenvalue weighted by Gasteiger charge is 2.18. The Labute approximate surface area is 97.8 Å². The van der Waals surface area contributed by atoms with Gasteiger partial charge in [-0.3, -0.25) is 4.79 Å². The molecule has 2 nitrogen and oxygen atoms in total. The number of hydrogen-bond donors (Lipinski definition) is 0. The number of carbonyl (C=O) groups excluding carboxylic acids is 1. The standard InChI is InChI=1S/C8H5ClF2INO/c1-3-2-4(7(9)14)13-6(5(3)12)8(10)11/h2,8H,1H3. The van der Waals surface area contributed by atoms with E-state index in [2.05, 4.69) is 4.98 Å². The van der Waals surface area contributed by atoms with E-state index in [1.165, 1.54) is 6.07 Å². The number of alkyl halides is 2. The summed E-state index contributed by atoms with van der Waals surface area (Å²) in [6.07, 6.45) is -2.70. The van der Waals surface area contributed by atoms with Crippen molar-refractivity contribution in [1.29, 1.82) is 0 Å². The average molecular weight is 331 g/mol. The lowest BCUT2D eigenvalue weighted by Crippen LogP contribution is -2.04. The van der Waals surface area contributed by atoms with Crippen molar-refractivity contribution >= 4 is 39.4 Å². The van der Waals surface area contributed by atoms with Gasteiger partial charge in [-0.1, -0.05) is 0 Å². The number of pyridine rings is 1. The summed E-state index contributed by atoms with van der Waals surface area (Å²) in [6, 6.07) is 1.39. The minimum atomic E-state index is -2.70. The van der Waals surface area contributed by atoms with Crippen molar-refractivity contribution in [3.8, 4) is 0 Å². The lowest BCUT2D eigenvalue weighted by molar-refractivity contribution is 0.107. The molecule has 0 bridgehead atoms. The Bertz CT molecular complexity index is 384. The summed E-state index contributed by atoms with van der Waals surface area (Å²) in [5, 5.41) is -0.827. The van der Waals surface area contributed by atoms with Gasteiger partial charge in [0.2, 0.25) is 0 Å². The SMILES string of the molecule is Cc1cc(C(=O)Cl)nc(C(F)F)c1I. The Balaban J connectivity index is 3.35. The van der Waals surface area contributed by atoms with Crippen molar-refractivity contribution in [3.05, 3.63) is 26.6 Å². The molecule has 0 unspecified atom stereocenters. The molecule has 14 heavy (non-hydrogen) atoms. The molecule has 0 spiro atoms. The molecule has 1 aromatic rings. The lowest BCUT2D eigenvalue weighted by Gasteiger charge is -2.06. The Morgan fingerprint density at radius 3 is 2.64 bits per heavy atom. The molecule has 76 valence electrons. The summed E-state index contributed by atoms with van der Waals surface area (Å²) in [4.78, 5) is 14.2. The average Bonchev–Trinajstić information content (AvgIpc) is 2.08. The molecular formula is C8H5ClF2INO. The summed E-state index contributed by atoms with van der Waals surface area (Å²) in [6.45, 7) is 1.62. The Morgan fingerprint density at radius 1 is 1.64 bits per heavy atom. The molecule has 0 aliphatic heterocycles. The highest BCUT2D eigenvalue weighted by atomic mass is 127. The van der Waals surface area contributed by atoms with E-state index in [-0.39, 0.29) is 5.69 Å². The maximum atomic E-state index is 12.4. The second-order valence-corrected chi connectivity index (χ2v) is 4.02. The van der Waals surface area contributed by atoms with Gasteiger partial charge in [0, 0.05) is 3.57 Å². The molecule has 1 aromatic heterocycles. The van der Waals surface area contributed by atoms with E-state index in [1.54, 1.807) is 29.5 Å². The first-order chi connectivity index (χ1) is 6.43. The first-order valence-corrected chi connectivity index (χ1v) is 5.04. The van der Waals surface area contributed by atoms with Gasteiger partial charge in [-0.15, -0.1) is 0 Å². The monoisotopic (exact) mass is 331 g/mol. The number of aromatic nitrogens is 1. The number of carbonyl (C=O) groups is 1. The zero-order valence-corrected chi connectivity index (χ0v) is 9.94. The van der Waals surface area contributed by atoms with E-state index in [4.69, 9.17) is 11.6 Å². The molecule has 0 radical (unpaired) electrons. The second-order valence-electron chi connectivity index (χ2n) is 2.60. The first kappa shape index (κ1) is 11.8. The molecule has 0 atom stereocenters. The van der Waals surface area contributed by atoms with Crippen LogP contribution in [-0.2, 0) is 0 Å². The van der Waals surface area contributed by atoms with E-state index >= 15 is 0 Å². The van der Waals surface area contributed by atoms with Crippen molar-refractivity contribution in [2.75, 3.05) is 0 Å². The number of hydrogen-bond acceptors (Lipinski definition) is 2. The van der Waals surface area contributed by atoms with E-state index in [0.717, 1.165) is 0 Å². The smallest absolute Gasteiger partial charge is 0.274 e. The normalized spacial score (nSPS) is 10.7. The van der Waals surface area contributed by atoms with Crippen LogP contribution in [0, 0.1) is 10.5 Å². The van der Waals surface area contributed by atoms with Crippen LogP contribution in [0.5, 0.6) is 0 Å². The minimum Gasteiger partial charge on any atom is -0.274 e. The fourth-order valence-corrected chi connectivity index (χ4v) is 1.54. The van der Waals surface area contributed by atoms with Crippen LogP contribution in [-0.4, -0.2) is 10.2 Å². The van der Waals surface area contributed by atoms with Gasteiger partial charge >= 0.3 is 0 Å². The molecule has 0 amide bonds. The van der Waals surface area contributed by atoms with Crippen LogP contribution in [0.4, 0.5) is 8.78 Å². The maximum Gasteiger partial charge on any atom is 0.281 e. The molecule has 0 aliphatic carbocycles. The quantitative estimate of drug-likeness (QED) is 0.615. The molecule has 0 aromatic carbocycles. The zero-order valence-electron chi connectivity index (χ0n) is 7.02. The molecule has 0 N–H and O–H groups in total. The summed E-state index contributed by atoms with van der Waals surface area (Å²) in [5.74, 6) is 0. The van der Waals surface area contributed by atoms with Gasteiger partial charge in [0.1, 0.15) is 11.4 Å². The lowest BCUT2D eigenvalue weighted by atomic mass is 10.2. The Morgan fingerprint density at radius 2 is 2.21 bits per heavy atom. The molecule has 6 heteroatoms. The summed E-state index contributed by atoms with van der Waals surface area (Å²) < 4.78 is 25.2. The molecular weight excluding hydrogens is 326 g/mol. The topological polar surface area (TPSA) is 30.0 Å². The van der Waals surface area contributed by atoms with Crippen LogP contribution in [0.3, 0.4) is 0 Å². The number of aryl methyl sites for hydroxylation is 1. The summed E-state index contributed by atoms with van der Waals surface area (Å²) in [5.41, 5.74) is 0.0365. The third-order valence-electron chi connectivity index (χ3n) is 1.57. The van der Waals surface area contributed by atoms with Gasteiger partial charge in [0.05, 0.1) is 0 Å². The minimum absolute atomic E-state index is 0.139.